The Bertz CT molecular complexity index is 275. The molecule has 0 heterocycles. The summed E-state index contributed by atoms with van der Waals surface area (Å²) in [6.07, 6.45) is 22.5. The van der Waals surface area contributed by atoms with Gasteiger partial charge in [-0.05, 0) is 6.42 Å². The second-order valence-electron chi connectivity index (χ2n) is 8.72. The molecule has 0 aliphatic rings. The average molecular weight is 408 g/mol. The molecule has 0 aromatic rings. The first kappa shape index (κ1) is 29.4. The Kier molecular flexibility index (Phi) is 24.4. The first-order chi connectivity index (χ1) is 12.6. The van der Waals surface area contributed by atoms with Gasteiger partial charge < -0.3 is 26.7 Å². The fourth-order valence-corrected chi connectivity index (χ4v) is 3.40. The van der Waals surface area contributed by atoms with Gasteiger partial charge in [0.1, 0.15) is 6.54 Å². The molecule has 0 unspecified atom stereocenters. The van der Waals surface area contributed by atoms with E-state index in [-0.39, 0.29) is 19.0 Å². The van der Waals surface area contributed by atoms with Gasteiger partial charge in [0.25, 0.3) is 0 Å². The summed E-state index contributed by atoms with van der Waals surface area (Å²) in [4.78, 5) is 0. The molecule has 0 spiro atoms. The second kappa shape index (κ2) is 22.5. The van der Waals surface area contributed by atoms with Crippen LogP contribution in [0.3, 0.4) is 0 Å². The smallest absolute Gasteiger partial charge is 0.182 e. The third-order valence-corrected chi connectivity index (χ3v) is 5.29. The molecule has 3 nitrogen and oxygen atoms in total. The molecule has 0 amide bonds. The van der Waals surface area contributed by atoms with Crippen LogP contribution in [-0.4, -0.2) is 50.2 Å². The van der Waals surface area contributed by atoms with Crippen LogP contribution in [0.2, 0.25) is 0 Å². The van der Waals surface area contributed by atoms with Crippen LogP contribution in [0.1, 0.15) is 110 Å². The van der Waals surface area contributed by atoms with Gasteiger partial charge in [-0.3, -0.25) is 0 Å². The molecule has 0 aromatic carbocycles. The molecular weight excluding hydrogens is 358 g/mol. The summed E-state index contributed by atoms with van der Waals surface area (Å²) in [7, 11) is 4.20. The third kappa shape index (κ3) is 24.1. The van der Waals surface area contributed by atoms with Crippen molar-refractivity contribution in [2.75, 3.05) is 40.6 Å². The highest BCUT2D eigenvalue weighted by molar-refractivity contribution is 4.49. The van der Waals surface area contributed by atoms with E-state index >= 15 is 0 Å². The van der Waals surface area contributed by atoms with E-state index in [4.69, 9.17) is 9.84 Å². The highest BCUT2D eigenvalue weighted by atomic mass is 35.5. The van der Waals surface area contributed by atoms with E-state index in [9.17, 15) is 0 Å². The lowest BCUT2D eigenvalue weighted by atomic mass is 10.0. The van der Waals surface area contributed by atoms with Gasteiger partial charge in [-0.2, -0.15) is 0 Å². The van der Waals surface area contributed by atoms with E-state index < -0.39 is 0 Å². The number of ether oxygens (including phenoxy) is 1. The van der Waals surface area contributed by atoms with E-state index in [1.165, 1.54) is 103 Å². The fraction of sp³-hybridized carbons (Fsp3) is 1.00. The minimum absolute atomic E-state index is 0. The van der Waals surface area contributed by atoms with Crippen molar-refractivity contribution < 1.29 is 26.7 Å². The Hall–Kier alpha value is 0.170. The molecule has 0 fully saturated rings. The van der Waals surface area contributed by atoms with E-state index in [2.05, 4.69) is 21.0 Å². The van der Waals surface area contributed by atoms with Crippen LogP contribution in [0.5, 0.6) is 0 Å². The zero-order chi connectivity index (χ0) is 19.3. The molecule has 0 aliphatic heterocycles. The lowest BCUT2D eigenvalue weighted by Crippen LogP contribution is -3.00. The molecule has 0 aliphatic carbocycles. The molecule has 0 aromatic heterocycles. The maximum Gasteiger partial charge on any atom is 0.182 e. The molecule has 0 saturated heterocycles. The van der Waals surface area contributed by atoms with Crippen molar-refractivity contribution in [1.29, 1.82) is 0 Å². The van der Waals surface area contributed by atoms with Crippen molar-refractivity contribution in [2.45, 2.75) is 110 Å². The number of aliphatic hydroxyl groups excluding tert-OH is 1. The summed E-state index contributed by atoms with van der Waals surface area (Å²) in [6, 6.07) is 0. The molecule has 0 atom stereocenters. The minimum Gasteiger partial charge on any atom is -1.00 e. The maximum atomic E-state index is 8.98. The molecule has 1 N–H and O–H groups in total. The normalized spacial score (nSPS) is 11.6. The minimum atomic E-state index is 0. The van der Waals surface area contributed by atoms with Gasteiger partial charge in [0, 0.05) is 0 Å². The number of hydrogen-bond acceptors (Lipinski definition) is 2. The number of likely N-dealkylation sites (N-methyl/N-ethyl adjacent to an activating group) is 1. The zero-order valence-corrected chi connectivity index (χ0v) is 19.6. The Labute approximate surface area is 177 Å². The topological polar surface area (TPSA) is 29.5 Å². The van der Waals surface area contributed by atoms with Crippen LogP contribution in [0.25, 0.3) is 0 Å². The molecule has 27 heavy (non-hydrogen) atoms. The van der Waals surface area contributed by atoms with E-state index in [0.29, 0.717) is 6.73 Å². The van der Waals surface area contributed by atoms with Gasteiger partial charge in [0.15, 0.2) is 6.73 Å². The number of hydrogen-bond donors (Lipinski definition) is 1. The second-order valence-corrected chi connectivity index (χ2v) is 8.72. The van der Waals surface area contributed by atoms with Crippen LogP contribution in [0, 0.1) is 0 Å². The summed E-state index contributed by atoms with van der Waals surface area (Å²) >= 11 is 0. The van der Waals surface area contributed by atoms with Crippen molar-refractivity contribution >= 4 is 0 Å². The highest BCUT2D eigenvalue weighted by Gasteiger charge is 2.13. The SMILES string of the molecule is CCCCCCCCCCCCCCCCCCOC[N+](C)(C)CCO.[Cl-]. The van der Waals surface area contributed by atoms with Gasteiger partial charge >= 0.3 is 0 Å². The van der Waals surface area contributed by atoms with Gasteiger partial charge in [0.05, 0.1) is 27.3 Å². The predicted molar refractivity (Wildman–Crippen MR) is 114 cm³/mol. The molecule has 0 bridgehead atoms. The number of rotatable bonds is 21. The number of nitrogens with zero attached hydrogens (tertiary/aromatic N) is 1. The van der Waals surface area contributed by atoms with Crippen LogP contribution >= 0.6 is 0 Å². The predicted octanol–water partition coefficient (Wildman–Crippen LogP) is 3.29. The number of aliphatic hydroxyl groups is 1. The zero-order valence-electron chi connectivity index (χ0n) is 18.8. The van der Waals surface area contributed by atoms with Crippen molar-refractivity contribution in [2.24, 2.45) is 0 Å². The Morgan fingerprint density at radius 3 is 1.37 bits per heavy atom. The molecular formula is C23H50ClNO2. The molecule has 0 saturated carbocycles. The van der Waals surface area contributed by atoms with E-state index in [1.807, 2.05) is 0 Å². The largest absolute Gasteiger partial charge is 1.00 e. The molecule has 0 radical (unpaired) electrons. The van der Waals surface area contributed by atoms with Crippen LogP contribution in [-0.2, 0) is 4.74 Å². The summed E-state index contributed by atoms with van der Waals surface area (Å²) in [5.41, 5.74) is 0. The lowest BCUT2D eigenvalue weighted by molar-refractivity contribution is -0.910. The Morgan fingerprint density at radius 1 is 0.630 bits per heavy atom. The van der Waals surface area contributed by atoms with Crippen molar-refractivity contribution in [3.63, 3.8) is 0 Å². The van der Waals surface area contributed by atoms with Gasteiger partial charge in [0.2, 0.25) is 0 Å². The van der Waals surface area contributed by atoms with Gasteiger partial charge in [-0.15, -0.1) is 0 Å². The molecule has 4 heteroatoms. The maximum absolute atomic E-state index is 8.98. The number of unbranched alkanes of at least 4 members (excludes halogenated alkanes) is 15. The number of quaternary nitrogens is 1. The van der Waals surface area contributed by atoms with Gasteiger partial charge in [-0.1, -0.05) is 103 Å². The lowest BCUT2D eigenvalue weighted by Gasteiger charge is -2.28. The van der Waals surface area contributed by atoms with Gasteiger partial charge in [-0.25, -0.2) is 0 Å². The first-order valence-corrected chi connectivity index (χ1v) is 11.6. The first-order valence-electron chi connectivity index (χ1n) is 11.6. The fourth-order valence-electron chi connectivity index (χ4n) is 3.40. The van der Waals surface area contributed by atoms with Crippen molar-refractivity contribution in [3.05, 3.63) is 0 Å². The van der Waals surface area contributed by atoms with Crippen LogP contribution in [0.4, 0.5) is 0 Å². The summed E-state index contributed by atoms with van der Waals surface area (Å²) in [5.74, 6) is 0. The monoisotopic (exact) mass is 407 g/mol. The van der Waals surface area contributed by atoms with Crippen LogP contribution in [0.15, 0.2) is 0 Å². The van der Waals surface area contributed by atoms with E-state index in [1.54, 1.807) is 0 Å². The summed E-state index contributed by atoms with van der Waals surface area (Å²) in [5, 5.41) is 8.98. The number of halogens is 1. The van der Waals surface area contributed by atoms with Crippen molar-refractivity contribution in [3.8, 4) is 0 Å². The summed E-state index contributed by atoms with van der Waals surface area (Å²) in [6.45, 7) is 4.86. The third-order valence-electron chi connectivity index (χ3n) is 5.29. The van der Waals surface area contributed by atoms with Crippen molar-refractivity contribution in [1.82, 2.24) is 0 Å². The van der Waals surface area contributed by atoms with E-state index in [0.717, 1.165) is 17.6 Å². The summed E-state index contributed by atoms with van der Waals surface area (Å²) < 4.78 is 6.48. The standard InChI is InChI=1S/C23H50NO2.ClH/c1-4-5-6-7-8-9-10-11-12-13-14-15-16-17-18-19-22-26-23-24(2,3)20-21-25;/h25H,4-23H2,1-3H3;1H/q+1;/p-1. The quantitative estimate of drug-likeness (QED) is 0.180. The molecule has 0 rings (SSSR count). The highest BCUT2D eigenvalue weighted by Crippen LogP contribution is 2.13. The average Bonchev–Trinajstić information content (AvgIpc) is 2.60. The molecule has 166 valence electrons. The van der Waals surface area contributed by atoms with Crippen LogP contribution < -0.4 is 12.4 Å². The Balaban J connectivity index is 0. The Morgan fingerprint density at radius 2 is 1.00 bits per heavy atom.